The van der Waals surface area contributed by atoms with E-state index in [2.05, 4.69) is 31.1 Å². The minimum absolute atomic E-state index is 0.00965. The number of thioether (sulfide) groups is 1. The summed E-state index contributed by atoms with van der Waals surface area (Å²) in [5, 5.41) is 6.01. The quantitative estimate of drug-likeness (QED) is 0.908. The van der Waals surface area contributed by atoms with Crippen molar-refractivity contribution < 1.29 is 4.79 Å². The molecule has 1 amide bonds. The number of nitrogens with one attached hydrogen (secondary N) is 1. The number of amides is 1. The van der Waals surface area contributed by atoms with Crippen LogP contribution in [0, 0.1) is 6.92 Å². The van der Waals surface area contributed by atoms with Crippen LogP contribution in [0.2, 0.25) is 0 Å². The molecule has 0 saturated heterocycles. The second-order valence-corrected chi connectivity index (χ2v) is 6.48. The third-order valence-electron chi connectivity index (χ3n) is 3.25. The number of nitrogens with zero attached hydrogens (tertiary/aromatic N) is 2. The molecule has 0 unspecified atom stereocenters. The molecule has 4 nitrogen and oxygen atoms in total. The first kappa shape index (κ1) is 13.7. The molecule has 0 spiro atoms. The van der Waals surface area contributed by atoms with Crippen molar-refractivity contribution in [2.24, 2.45) is 4.99 Å². The Labute approximate surface area is 130 Å². The molecule has 0 radical (unpaired) electrons. The zero-order valence-electron chi connectivity index (χ0n) is 11.0. The number of hydrogen-bond acceptors (Lipinski definition) is 4. The van der Waals surface area contributed by atoms with Crippen molar-refractivity contribution in [3.8, 4) is 0 Å². The molecule has 0 atom stereocenters. The maximum Gasteiger partial charge on any atom is 0.230 e. The molecule has 2 heterocycles. The van der Waals surface area contributed by atoms with Gasteiger partial charge in [0.15, 0.2) is 5.17 Å². The lowest BCUT2D eigenvalue weighted by Crippen LogP contribution is -2.24. The molecule has 0 bridgehead atoms. The second kappa shape index (κ2) is 5.61. The van der Waals surface area contributed by atoms with Gasteiger partial charge < -0.3 is 10.2 Å². The van der Waals surface area contributed by atoms with E-state index in [1.807, 2.05) is 30.5 Å². The molecule has 1 aromatic rings. The predicted molar refractivity (Wildman–Crippen MR) is 86.8 cm³/mol. The van der Waals surface area contributed by atoms with E-state index in [0.717, 1.165) is 39.7 Å². The summed E-state index contributed by atoms with van der Waals surface area (Å²) >= 11 is 5.02. The molecule has 6 heteroatoms. The van der Waals surface area contributed by atoms with E-state index in [1.54, 1.807) is 11.8 Å². The lowest BCUT2D eigenvalue weighted by atomic mass is 10.2. The smallest absolute Gasteiger partial charge is 0.230 e. The van der Waals surface area contributed by atoms with E-state index in [1.165, 1.54) is 0 Å². The summed E-state index contributed by atoms with van der Waals surface area (Å²) in [5.41, 5.74) is 2.95. The van der Waals surface area contributed by atoms with Gasteiger partial charge in [-0.1, -0.05) is 27.7 Å². The third kappa shape index (κ3) is 2.76. The molecule has 0 aromatic heterocycles. The number of carbonyl (C=O) groups excluding carboxylic acids is 1. The van der Waals surface area contributed by atoms with Gasteiger partial charge in [0.2, 0.25) is 5.91 Å². The van der Waals surface area contributed by atoms with E-state index in [4.69, 9.17) is 0 Å². The fraction of sp³-hybridized carbons (Fsp3) is 0.286. The van der Waals surface area contributed by atoms with Crippen LogP contribution in [0.3, 0.4) is 0 Å². The molecular formula is C14H14BrN3OS. The molecular weight excluding hydrogens is 338 g/mol. The van der Waals surface area contributed by atoms with Crippen LogP contribution in [0.4, 0.5) is 5.69 Å². The fourth-order valence-corrected chi connectivity index (χ4v) is 3.67. The predicted octanol–water partition coefficient (Wildman–Crippen LogP) is 3.35. The van der Waals surface area contributed by atoms with E-state index >= 15 is 0 Å². The number of benzene rings is 1. The Kier molecular flexibility index (Phi) is 3.85. The number of anilines is 1. The van der Waals surface area contributed by atoms with Gasteiger partial charge in [-0.05, 0) is 36.1 Å². The van der Waals surface area contributed by atoms with Crippen molar-refractivity contribution in [2.45, 2.75) is 13.3 Å². The van der Waals surface area contributed by atoms with Crippen LogP contribution in [0.15, 0.2) is 38.8 Å². The average molecular weight is 352 g/mol. The summed E-state index contributed by atoms with van der Waals surface area (Å²) in [6.07, 6.45) is 0.390. The summed E-state index contributed by atoms with van der Waals surface area (Å²) in [5.74, 6) is 0.00965. The maximum atomic E-state index is 12.2. The van der Waals surface area contributed by atoms with Crippen molar-refractivity contribution in [3.63, 3.8) is 0 Å². The third-order valence-corrected chi connectivity index (χ3v) is 4.70. The summed E-state index contributed by atoms with van der Waals surface area (Å²) in [6.45, 7) is 3.70. The van der Waals surface area contributed by atoms with Crippen LogP contribution in [0.1, 0.15) is 12.0 Å². The normalized spacial score (nSPS) is 16.8. The van der Waals surface area contributed by atoms with E-state index in [-0.39, 0.29) is 5.91 Å². The van der Waals surface area contributed by atoms with Crippen LogP contribution >= 0.6 is 27.7 Å². The Balaban J connectivity index is 1.64. The minimum atomic E-state index is 0.00965. The van der Waals surface area contributed by atoms with Crippen molar-refractivity contribution in [2.75, 3.05) is 18.4 Å². The highest BCUT2D eigenvalue weighted by Crippen LogP contribution is 2.31. The number of aryl methyl sites for hydroxylation is 1. The Morgan fingerprint density at radius 2 is 2.40 bits per heavy atom. The summed E-state index contributed by atoms with van der Waals surface area (Å²) in [4.78, 5) is 18.7. The summed E-state index contributed by atoms with van der Waals surface area (Å²) in [7, 11) is 0. The lowest BCUT2D eigenvalue weighted by Gasteiger charge is -2.16. The molecule has 0 aliphatic carbocycles. The maximum absolute atomic E-state index is 12.2. The first-order valence-electron chi connectivity index (χ1n) is 6.37. The van der Waals surface area contributed by atoms with Gasteiger partial charge >= 0.3 is 0 Å². The second-order valence-electron chi connectivity index (χ2n) is 4.73. The lowest BCUT2D eigenvalue weighted by molar-refractivity contribution is -0.115. The molecule has 20 heavy (non-hydrogen) atoms. The van der Waals surface area contributed by atoms with Gasteiger partial charge in [-0.15, -0.1) is 0 Å². The number of hydrogen-bond donors (Lipinski definition) is 1. The van der Waals surface area contributed by atoms with Gasteiger partial charge in [0.05, 0.1) is 13.0 Å². The van der Waals surface area contributed by atoms with E-state index in [0.29, 0.717) is 6.42 Å². The number of aliphatic imine (C=N–C) groups is 1. The first-order valence-corrected chi connectivity index (χ1v) is 8.04. The Morgan fingerprint density at radius 3 is 3.20 bits per heavy atom. The summed E-state index contributed by atoms with van der Waals surface area (Å²) < 4.78 is 1.01. The molecule has 1 aromatic carbocycles. The molecule has 0 saturated carbocycles. The van der Waals surface area contributed by atoms with Crippen molar-refractivity contribution >= 4 is 44.5 Å². The van der Waals surface area contributed by atoms with Gasteiger partial charge in [-0.3, -0.25) is 9.79 Å². The highest BCUT2D eigenvalue weighted by Gasteiger charge is 2.27. The molecule has 2 aliphatic rings. The number of rotatable bonds is 3. The fourth-order valence-electron chi connectivity index (χ4n) is 2.24. The largest absolute Gasteiger partial charge is 0.326 e. The van der Waals surface area contributed by atoms with Crippen LogP contribution in [0.25, 0.3) is 0 Å². The molecule has 2 aliphatic heterocycles. The van der Waals surface area contributed by atoms with Crippen LogP contribution < -0.4 is 5.32 Å². The number of fused-ring (bicyclic) bond motifs is 1. The van der Waals surface area contributed by atoms with Gasteiger partial charge in [0.25, 0.3) is 0 Å². The zero-order chi connectivity index (χ0) is 14.1. The number of halogens is 1. The van der Waals surface area contributed by atoms with Crippen molar-refractivity contribution in [1.82, 2.24) is 4.90 Å². The van der Waals surface area contributed by atoms with Gasteiger partial charge in [-0.25, -0.2) is 0 Å². The zero-order valence-corrected chi connectivity index (χ0v) is 13.4. The van der Waals surface area contributed by atoms with Crippen molar-refractivity contribution in [3.05, 3.63) is 39.3 Å². The molecule has 104 valence electrons. The SMILES string of the molecule is Cc1cc(Br)ccc1NC(=O)CC1=CSC2=NCCN12. The first-order chi connectivity index (χ1) is 9.63. The molecule has 3 rings (SSSR count). The monoisotopic (exact) mass is 351 g/mol. The van der Waals surface area contributed by atoms with E-state index in [9.17, 15) is 4.79 Å². The topological polar surface area (TPSA) is 44.7 Å². The van der Waals surface area contributed by atoms with Gasteiger partial charge in [-0.2, -0.15) is 0 Å². The van der Waals surface area contributed by atoms with E-state index < -0.39 is 0 Å². The molecule has 0 fully saturated rings. The number of amidine groups is 1. The van der Waals surface area contributed by atoms with Crippen LogP contribution in [-0.4, -0.2) is 29.1 Å². The number of carbonyl (C=O) groups is 1. The van der Waals surface area contributed by atoms with Gasteiger partial charge in [0.1, 0.15) is 0 Å². The Hall–Kier alpha value is -1.27. The van der Waals surface area contributed by atoms with Crippen molar-refractivity contribution in [1.29, 1.82) is 0 Å². The Bertz CT molecular complexity index is 627. The molecule has 1 N–H and O–H groups in total. The van der Waals surface area contributed by atoms with Crippen LogP contribution in [-0.2, 0) is 4.79 Å². The Morgan fingerprint density at radius 1 is 1.55 bits per heavy atom. The minimum Gasteiger partial charge on any atom is -0.326 e. The van der Waals surface area contributed by atoms with Crippen LogP contribution in [0.5, 0.6) is 0 Å². The standard InChI is InChI=1S/C14H14BrN3OS/c1-9-6-10(15)2-3-12(9)17-13(19)7-11-8-20-14-16-4-5-18(11)14/h2-3,6,8H,4-5,7H2,1H3,(H,17,19). The van der Waals surface area contributed by atoms with Gasteiger partial charge in [0, 0.05) is 22.4 Å². The average Bonchev–Trinajstić information content (AvgIpc) is 2.98. The summed E-state index contributed by atoms with van der Waals surface area (Å²) in [6, 6.07) is 5.84. The highest BCUT2D eigenvalue weighted by atomic mass is 79.9. The highest BCUT2D eigenvalue weighted by molar-refractivity contribution is 9.10.